The highest BCUT2D eigenvalue weighted by Gasteiger charge is 2.32. The number of piperidine rings is 1. The van der Waals surface area contributed by atoms with Crippen LogP contribution in [-0.2, 0) is 0 Å². The lowest BCUT2D eigenvalue weighted by Gasteiger charge is -2.42. The van der Waals surface area contributed by atoms with E-state index in [-0.39, 0.29) is 5.92 Å². The largest absolute Gasteiger partial charge is 0.306 e. The Hall–Kier alpha value is -0.590. The predicted octanol–water partition coefficient (Wildman–Crippen LogP) is 2.09. The molecule has 0 aromatic heterocycles. The molecule has 1 aliphatic heterocycles. The molecule has 0 bridgehead atoms. The summed E-state index contributed by atoms with van der Waals surface area (Å²) in [5.74, 6) is 0.272. The van der Waals surface area contributed by atoms with Crippen LogP contribution in [0.2, 0.25) is 0 Å². The van der Waals surface area contributed by atoms with Crippen molar-refractivity contribution < 1.29 is 0 Å². The van der Waals surface area contributed by atoms with Gasteiger partial charge in [0.15, 0.2) is 0 Å². The van der Waals surface area contributed by atoms with E-state index in [4.69, 9.17) is 0 Å². The zero-order chi connectivity index (χ0) is 12.3. The molecule has 1 heterocycles. The summed E-state index contributed by atoms with van der Waals surface area (Å²) in [4.78, 5) is 4.94. The third-order valence-corrected chi connectivity index (χ3v) is 4.68. The Morgan fingerprint density at radius 1 is 1.12 bits per heavy atom. The Kier molecular flexibility index (Phi) is 4.42. The number of rotatable bonds is 2. The first-order valence-electron chi connectivity index (χ1n) is 7.02. The van der Waals surface area contributed by atoms with Crippen LogP contribution in [0.15, 0.2) is 0 Å². The summed E-state index contributed by atoms with van der Waals surface area (Å²) in [6.45, 7) is 2.41. The fourth-order valence-corrected chi connectivity index (χ4v) is 3.42. The molecular weight excluding hydrogens is 210 g/mol. The van der Waals surface area contributed by atoms with Gasteiger partial charge in [-0.25, -0.2) is 0 Å². The van der Waals surface area contributed by atoms with Crippen LogP contribution < -0.4 is 0 Å². The third kappa shape index (κ3) is 3.00. The molecule has 1 saturated carbocycles. The van der Waals surface area contributed by atoms with Gasteiger partial charge in [-0.1, -0.05) is 12.8 Å². The molecule has 0 N–H and O–H groups in total. The molecule has 2 fully saturated rings. The average Bonchev–Trinajstić information content (AvgIpc) is 2.39. The average molecular weight is 235 g/mol. The van der Waals surface area contributed by atoms with Crippen LogP contribution in [-0.4, -0.2) is 49.1 Å². The zero-order valence-corrected chi connectivity index (χ0v) is 11.2. The minimum atomic E-state index is 0.272. The van der Waals surface area contributed by atoms with Gasteiger partial charge in [-0.3, -0.25) is 4.90 Å². The van der Waals surface area contributed by atoms with E-state index < -0.39 is 0 Å². The van der Waals surface area contributed by atoms with Crippen molar-refractivity contribution in [1.29, 1.82) is 5.26 Å². The molecule has 2 rings (SSSR count). The fraction of sp³-hybridized carbons (Fsp3) is 0.929. The van der Waals surface area contributed by atoms with Crippen molar-refractivity contribution in [3.05, 3.63) is 0 Å². The standard InChI is InChI=1S/C14H25N3/c1-16-9-7-13(8-10-16)17(2)14-6-4-3-5-12(14)11-15/h12-14H,3-10H2,1-2H3. The van der Waals surface area contributed by atoms with E-state index in [1.54, 1.807) is 0 Å². The quantitative estimate of drug-likeness (QED) is 0.734. The summed E-state index contributed by atoms with van der Waals surface area (Å²) in [5, 5.41) is 9.27. The van der Waals surface area contributed by atoms with Gasteiger partial charge >= 0.3 is 0 Å². The third-order valence-electron chi connectivity index (χ3n) is 4.68. The smallest absolute Gasteiger partial charge is 0.0672 e. The number of hydrogen-bond donors (Lipinski definition) is 0. The van der Waals surface area contributed by atoms with Crippen LogP contribution in [0, 0.1) is 17.2 Å². The highest BCUT2D eigenvalue weighted by atomic mass is 15.2. The summed E-state index contributed by atoms with van der Waals surface area (Å²) in [6, 6.07) is 3.75. The van der Waals surface area contributed by atoms with Crippen molar-refractivity contribution in [1.82, 2.24) is 9.80 Å². The first-order chi connectivity index (χ1) is 8.22. The maximum Gasteiger partial charge on any atom is 0.0672 e. The van der Waals surface area contributed by atoms with Crippen molar-refractivity contribution in [2.45, 2.75) is 50.6 Å². The van der Waals surface area contributed by atoms with E-state index in [0.717, 1.165) is 6.42 Å². The van der Waals surface area contributed by atoms with E-state index >= 15 is 0 Å². The van der Waals surface area contributed by atoms with E-state index in [2.05, 4.69) is 30.0 Å². The van der Waals surface area contributed by atoms with Crippen LogP contribution in [0.3, 0.4) is 0 Å². The van der Waals surface area contributed by atoms with Gasteiger partial charge in [-0.15, -0.1) is 0 Å². The zero-order valence-electron chi connectivity index (χ0n) is 11.2. The van der Waals surface area contributed by atoms with E-state index in [1.165, 1.54) is 45.2 Å². The molecule has 2 atom stereocenters. The minimum absolute atomic E-state index is 0.272. The molecule has 1 saturated heterocycles. The topological polar surface area (TPSA) is 30.3 Å². The number of nitrogens with zero attached hydrogens (tertiary/aromatic N) is 3. The minimum Gasteiger partial charge on any atom is -0.306 e. The molecule has 0 aromatic rings. The molecular formula is C14H25N3. The molecule has 0 aromatic carbocycles. The van der Waals surface area contributed by atoms with Crippen LogP contribution in [0.25, 0.3) is 0 Å². The van der Waals surface area contributed by atoms with Crippen LogP contribution >= 0.6 is 0 Å². The van der Waals surface area contributed by atoms with Gasteiger partial charge in [-0.2, -0.15) is 5.26 Å². The first-order valence-corrected chi connectivity index (χ1v) is 7.02. The second-order valence-corrected chi connectivity index (χ2v) is 5.79. The van der Waals surface area contributed by atoms with Gasteiger partial charge in [-0.05, 0) is 52.9 Å². The normalized spacial score (nSPS) is 32.6. The molecule has 0 amide bonds. The number of likely N-dealkylation sites (tertiary alicyclic amines) is 1. The molecule has 17 heavy (non-hydrogen) atoms. The molecule has 2 unspecified atom stereocenters. The highest BCUT2D eigenvalue weighted by Crippen LogP contribution is 2.30. The Bertz CT molecular complexity index is 276. The molecule has 3 nitrogen and oxygen atoms in total. The lowest BCUT2D eigenvalue weighted by Crippen LogP contribution is -2.49. The molecule has 0 spiro atoms. The molecule has 2 aliphatic rings. The lowest BCUT2D eigenvalue weighted by molar-refractivity contribution is 0.0713. The maximum absolute atomic E-state index is 9.27. The van der Waals surface area contributed by atoms with Gasteiger partial charge in [0.05, 0.1) is 12.0 Å². The SMILES string of the molecule is CN1CCC(N(C)C2CCCCC2C#N)CC1. The number of nitriles is 1. The van der Waals surface area contributed by atoms with Gasteiger partial charge in [0.1, 0.15) is 0 Å². The second-order valence-electron chi connectivity index (χ2n) is 5.79. The predicted molar refractivity (Wildman–Crippen MR) is 69.6 cm³/mol. The molecule has 3 heteroatoms. The highest BCUT2D eigenvalue weighted by molar-refractivity contribution is 4.96. The van der Waals surface area contributed by atoms with Crippen molar-refractivity contribution in [3.8, 4) is 6.07 Å². The van der Waals surface area contributed by atoms with Crippen molar-refractivity contribution >= 4 is 0 Å². The summed E-state index contributed by atoms with van der Waals surface area (Å²) < 4.78 is 0. The first kappa shape index (κ1) is 12.9. The summed E-state index contributed by atoms with van der Waals surface area (Å²) in [5.41, 5.74) is 0. The molecule has 96 valence electrons. The van der Waals surface area contributed by atoms with Gasteiger partial charge in [0, 0.05) is 12.1 Å². The lowest BCUT2D eigenvalue weighted by atomic mass is 9.83. The van der Waals surface area contributed by atoms with Crippen molar-refractivity contribution in [3.63, 3.8) is 0 Å². The summed E-state index contributed by atoms with van der Waals surface area (Å²) in [6.07, 6.45) is 7.41. The van der Waals surface area contributed by atoms with Gasteiger partial charge < -0.3 is 4.90 Å². The number of hydrogen-bond acceptors (Lipinski definition) is 3. The second kappa shape index (κ2) is 5.84. The van der Waals surface area contributed by atoms with E-state index in [0.29, 0.717) is 12.1 Å². The maximum atomic E-state index is 9.27. The molecule has 0 radical (unpaired) electrons. The summed E-state index contributed by atoms with van der Waals surface area (Å²) >= 11 is 0. The Morgan fingerprint density at radius 3 is 2.41 bits per heavy atom. The Morgan fingerprint density at radius 2 is 1.76 bits per heavy atom. The van der Waals surface area contributed by atoms with E-state index in [1.807, 2.05) is 0 Å². The van der Waals surface area contributed by atoms with Crippen molar-refractivity contribution in [2.24, 2.45) is 5.92 Å². The fourth-order valence-electron chi connectivity index (χ4n) is 3.42. The monoisotopic (exact) mass is 235 g/mol. The van der Waals surface area contributed by atoms with Crippen LogP contribution in [0.1, 0.15) is 38.5 Å². The van der Waals surface area contributed by atoms with E-state index in [9.17, 15) is 5.26 Å². The van der Waals surface area contributed by atoms with Crippen LogP contribution in [0.4, 0.5) is 0 Å². The Balaban J connectivity index is 1.93. The van der Waals surface area contributed by atoms with Crippen molar-refractivity contribution in [2.75, 3.05) is 27.2 Å². The Labute approximate surface area is 105 Å². The molecule has 1 aliphatic carbocycles. The van der Waals surface area contributed by atoms with Crippen LogP contribution in [0.5, 0.6) is 0 Å². The van der Waals surface area contributed by atoms with Gasteiger partial charge in [0.2, 0.25) is 0 Å². The van der Waals surface area contributed by atoms with Gasteiger partial charge in [0.25, 0.3) is 0 Å². The summed E-state index contributed by atoms with van der Waals surface area (Å²) in [7, 11) is 4.45.